The summed E-state index contributed by atoms with van der Waals surface area (Å²) < 4.78 is 0. The predicted molar refractivity (Wildman–Crippen MR) is 73.4 cm³/mol. The van der Waals surface area contributed by atoms with Gasteiger partial charge in [0, 0.05) is 19.1 Å². The molecule has 2 rings (SSSR count). The van der Waals surface area contributed by atoms with Crippen molar-refractivity contribution in [3.8, 4) is 0 Å². The monoisotopic (exact) mass is 253 g/mol. The van der Waals surface area contributed by atoms with Gasteiger partial charge in [0.2, 0.25) is 5.91 Å². The number of nitrogens with one attached hydrogen (secondary N) is 1. The third-order valence-corrected chi connectivity index (χ3v) is 4.58. The van der Waals surface area contributed by atoms with E-state index in [1.54, 1.807) is 0 Å². The molecule has 0 aliphatic carbocycles. The van der Waals surface area contributed by atoms with Crippen LogP contribution in [0.2, 0.25) is 0 Å². The minimum Gasteiger partial charge on any atom is -0.339 e. The number of rotatable bonds is 2. The van der Waals surface area contributed by atoms with Gasteiger partial charge in [-0.05, 0) is 45.3 Å². The van der Waals surface area contributed by atoms with Gasteiger partial charge in [-0.1, -0.05) is 13.8 Å². The van der Waals surface area contributed by atoms with E-state index in [1.807, 2.05) is 0 Å². The van der Waals surface area contributed by atoms with Crippen LogP contribution in [0.4, 0.5) is 0 Å². The van der Waals surface area contributed by atoms with Gasteiger partial charge in [0.1, 0.15) is 0 Å². The van der Waals surface area contributed by atoms with Crippen LogP contribution < -0.4 is 5.32 Å². The molecule has 0 aromatic rings. The maximum atomic E-state index is 12.6. The number of likely N-dealkylation sites (N-methyl/N-ethyl adjacent to an activating group) is 1. The van der Waals surface area contributed by atoms with Gasteiger partial charge in [0.15, 0.2) is 0 Å². The largest absolute Gasteiger partial charge is 0.339 e. The molecule has 4 heteroatoms. The van der Waals surface area contributed by atoms with Gasteiger partial charge in [0.05, 0.1) is 6.04 Å². The zero-order valence-corrected chi connectivity index (χ0v) is 12.1. The topological polar surface area (TPSA) is 35.6 Å². The van der Waals surface area contributed by atoms with Crippen LogP contribution in [-0.4, -0.2) is 61.5 Å². The molecule has 2 saturated heterocycles. The van der Waals surface area contributed by atoms with Crippen molar-refractivity contribution >= 4 is 5.91 Å². The highest BCUT2D eigenvalue weighted by molar-refractivity contribution is 5.82. The molecule has 2 aliphatic rings. The molecule has 1 N–H and O–H groups in total. The molecule has 2 heterocycles. The minimum atomic E-state index is 0.0480. The molecule has 2 aliphatic heterocycles. The lowest BCUT2D eigenvalue weighted by Gasteiger charge is -2.32. The van der Waals surface area contributed by atoms with E-state index in [9.17, 15) is 4.79 Å². The summed E-state index contributed by atoms with van der Waals surface area (Å²) in [6.07, 6.45) is 2.37. The number of carbonyl (C=O) groups excluding carboxylic acids is 1. The third kappa shape index (κ3) is 2.69. The van der Waals surface area contributed by atoms with E-state index in [-0.39, 0.29) is 6.04 Å². The first-order valence-electron chi connectivity index (χ1n) is 7.19. The molecular weight excluding hydrogens is 226 g/mol. The van der Waals surface area contributed by atoms with Crippen molar-refractivity contribution < 1.29 is 4.79 Å². The second-order valence-electron chi connectivity index (χ2n) is 6.30. The van der Waals surface area contributed by atoms with E-state index in [0.29, 0.717) is 23.8 Å². The fourth-order valence-electron chi connectivity index (χ4n) is 3.38. The van der Waals surface area contributed by atoms with Crippen molar-refractivity contribution in [2.45, 2.75) is 38.8 Å². The van der Waals surface area contributed by atoms with Gasteiger partial charge in [-0.2, -0.15) is 0 Å². The van der Waals surface area contributed by atoms with Gasteiger partial charge in [0.25, 0.3) is 0 Å². The number of piperidine rings is 1. The van der Waals surface area contributed by atoms with E-state index in [2.05, 4.69) is 43.1 Å². The first-order chi connectivity index (χ1) is 8.50. The molecule has 104 valence electrons. The Bertz CT molecular complexity index is 305. The van der Waals surface area contributed by atoms with Crippen LogP contribution >= 0.6 is 0 Å². The van der Waals surface area contributed by atoms with Crippen LogP contribution in [0.15, 0.2) is 0 Å². The first-order valence-corrected chi connectivity index (χ1v) is 7.19. The van der Waals surface area contributed by atoms with Crippen LogP contribution in [0.3, 0.4) is 0 Å². The Kier molecular flexibility index (Phi) is 4.28. The maximum absolute atomic E-state index is 12.6. The highest BCUT2D eigenvalue weighted by atomic mass is 16.2. The standard InChI is InChI=1S/C14H27N3O/c1-10-6-5-7-15-13(10)14(18)17-8-11(2)12(9-17)16(3)4/h10-13,15H,5-9H2,1-4H3. The Morgan fingerprint density at radius 2 is 1.94 bits per heavy atom. The van der Waals surface area contributed by atoms with Crippen molar-refractivity contribution in [2.75, 3.05) is 33.7 Å². The molecule has 0 spiro atoms. The van der Waals surface area contributed by atoms with Crippen molar-refractivity contribution in [3.63, 3.8) is 0 Å². The Morgan fingerprint density at radius 1 is 1.22 bits per heavy atom. The summed E-state index contributed by atoms with van der Waals surface area (Å²) in [6.45, 7) is 7.22. The number of amides is 1. The van der Waals surface area contributed by atoms with E-state index in [1.165, 1.54) is 12.8 Å². The molecule has 0 aromatic carbocycles. The van der Waals surface area contributed by atoms with Gasteiger partial charge < -0.3 is 15.1 Å². The second kappa shape index (κ2) is 5.57. The molecule has 0 aromatic heterocycles. The van der Waals surface area contributed by atoms with Crippen LogP contribution in [0.25, 0.3) is 0 Å². The zero-order valence-electron chi connectivity index (χ0n) is 12.1. The lowest BCUT2D eigenvalue weighted by molar-refractivity contribution is -0.134. The molecule has 4 atom stereocenters. The van der Waals surface area contributed by atoms with Crippen LogP contribution in [0.1, 0.15) is 26.7 Å². The summed E-state index contributed by atoms with van der Waals surface area (Å²) >= 11 is 0. The Hall–Kier alpha value is -0.610. The van der Waals surface area contributed by atoms with E-state index in [0.717, 1.165) is 19.6 Å². The maximum Gasteiger partial charge on any atom is 0.240 e. The summed E-state index contributed by atoms with van der Waals surface area (Å²) in [4.78, 5) is 16.9. The smallest absolute Gasteiger partial charge is 0.240 e. The highest BCUT2D eigenvalue weighted by Gasteiger charge is 2.38. The van der Waals surface area contributed by atoms with Crippen molar-refractivity contribution in [2.24, 2.45) is 11.8 Å². The Labute approximate surface area is 111 Å². The summed E-state index contributed by atoms with van der Waals surface area (Å²) in [5.41, 5.74) is 0. The molecule has 0 bridgehead atoms. The summed E-state index contributed by atoms with van der Waals surface area (Å²) in [7, 11) is 4.22. The normalized spacial score (nSPS) is 37.3. The van der Waals surface area contributed by atoms with E-state index >= 15 is 0 Å². The number of hydrogen-bond donors (Lipinski definition) is 1. The van der Waals surface area contributed by atoms with E-state index < -0.39 is 0 Å². The molecule has 4 unspecified atom stereocenters. The molecular formula is C14H27N3O. The van der Waals surface area contributed by atoms with Crippen molar-refractivity contribution in [1.29, 1.82) is 0 Å². The lowest BCUT2D eigenvalue weighted by Crippen LogP contribution is -2.52. The van der Waals surface area contributed by atoms with E-state index in [4.69, 9.17) is 0 Å². The fourth-order valence-corrected chi connectivity index (χ4v) is 3.38. The molecule has 4 nitrogen and oxygen atoms in total. The molecule has 18 heavy (non-hydrogen) atoms. The SMILES string of the molecule is CC1CCCNC1C(=O)N1CC(C)C(N(C)C)C1. The molecule has 0 radical (unpaired) electrons. The molecule has 2 fully saturated rings. The first kappa shape index (κ1) is 13.8. The number of nitrogens with zero attached hydrogens (tertiary/aromatic N) is 2. The second-order valence-corrected chi connectivity index (χ2v) is 6.30. The van der Waals surface area contributed by atoms with Gasteiger partial charge >= 0.3 is 0 Å². The third-order valence-electron chi connectivity index (χ3n) is 4.58. The Balaban J connectivity index is 1.98. The zero-order chi connectivity index (χ0) is 13.3. The van der Waals surface area contributed by atoms with Crippen LogP contribution in [-0.2, 0) is 4.79 Å². The molecule has 1 amide bonds. The van der Waals surface area contributed by atoms with Gasteiger partial charge in [-0.3, -0.25) is 4.79 Å². The summed E-state index contributed by atoms with van der Waals surface area (Å²) in [5.74, 6) is 1.36. The van der Waals surface area contributed by atoms with Gasteiger partial charge in [-0.25, -0.2) is 0 Å². The Morgan fingerprint density at radius 3 is 2.50 bits per heavy atom. The van der Waals surface area contributed by atoms with Crippen LogP contribution in [0.5, 0.6) is 0 Å². The quantitative estimate of drug-likeness (QED) is 0.790. The minimum absolute atomic E-state index is 0.0480. The highest BCUT2D eigenvalue weighted by Crippen LogP contribution is 2.24. The number of likely N-dealkylation sites (tertiary alicyclic amines) is 1. The number of carbonyl (C=O) groups is 1. The predicted octanol–water partition coefficient (Wildman–Crippen LogP) is 0.783. The summed E-state index contributed by atoms with van der Waals surface area (Å²) in [5, 5.41) is 3.40. The average molecular weight is 253 g/mol. The van der Waals surface area contributed by atoms with Crippen molar-refractivity contribution in [1.82, 2.24) is 15.1 Å². The fraction of sp³-hybridized carbons (Fsp3) is 0.929. The van der Waals surface area contributed by atoms with Gasteiger partial charge in [-0.15, -0.1) is 0 Å². The lowest BCUT2D eigenvalue weighted by atomic mass is 9.92. The van der Waals surface area contributed by atoms with Crippen LogP contribution in [0, 0.1) is 11.8 Å². The molecule has 0 saturated carbocycles. The number of hydrogen-bond acceptors (Lipinski definition) is 3. The van der Waals surface area contributed by atoms with Crippen molar-refractivity contribution in [3.05, 3.63) is 0 Å². The average Bonchev–Trinajstić information content (AvgIpc) is 2.71. The summed E-state index contributed by atoms with van der Waals surface area (Å²) in [6, 6.07) is 0.555.